The Morgan fingerprint density at radius 2 is 1.96 bits per heavy atom. The van der Waals surface area contributed by atoms with Gasteiger partial charge < -0.3 is 9.80 Å². The number of fused-ring (bicyclic) bond motifs is 3. The van der Waals surface area contributed by atoms with Gasteiger partial charge in [-0.2, -0.15) is 0 Å². The molecule has 0 aliphatic carbocycles. The number of hydrogen-bond donors (Lipinski definition) is 0. The van der Waals surface area contributed by atoms with E-state index in [0.717, 1.165) is 39.6 Å². The van der Waals surface area contributed by atoms with Crippen LogP contribution in [0.25, 0.3) is 20.4 Å². The van der Waals surface area contributed by atoms with E-state index in [-0.39, 0.29) is 0 Å². The molecule has 5 nitrogen and oxygen atoms in total. The second kappa shape index (κ2) is 5.93. The van der Waals surface area contributed by atoms with Gasteiger partial charge >= 0.3 is 0 Å². The molecule has 0 spiro atoms. The van der Waals surface area contributed by atoms with Gasteiger partial charge in [0.15, 0.2) is 0 Å². The van der Waals surface area contributed by atoms with Crippen LogP contribution in [0, 0.1) is 13.8 Å². The van der Waals surface area contributed by atoms with Gasteiger partial charge in [0.2, 0.25) is 0 Å². The lowest BCUT2D eigenvalue weighted by atomic mass is 10.0. The highest BCUT2D eigenvalue weighted by molar-refractivity contribution is 7.26. The number of hydrogen-bond acceptors (Lipinski definition) is 6. The summed E-state index contributed by atoms with van der Waals surface area (Å²) in [7, 11) is 4.37. The summed E-state index contributed by atoms with van der Waals surface area (Å²) in [4.78, 5) is 19.8. The second-order valence-corrected chi connectivity index (χ2v) is 7.88. The zero-order valence-corrected chi connectivity index (χ0v) is 15.5. The van der Waals surface area contributed by atoms with Gasteiger partial charge in [0.05, 0.1) is 10.2 Å². The Labute approximate surface area is 146 Å². The van der Waals surface area contributed by atoms with Gasteiger partial charge in [-0.25, -0.2) is 15.0 Å². The van der Waals surface area contributed by atoms with E-state index in [1.54, 1.807) is 17.7 Å². The van der Waals surface area contributed by atoms with Crippen LogP contribution in [0.4, 0.5) is 5.82 Å². The number of piperidine rings is 1. The average Bonchev–Trinajstić information content (AvgIpc) is 2.93. The van der Waals surface area contributed by atoms with E-state index < -0.39 is 0 Å². The van der Waals surface area contributed by atoms with Crippen molar-refractivity contribution in [3.63, 3.8) is 0 Å². The number of nitrogens with zero attached hydrogens (tertiary/aromatic N) is 5. The smallest absolute Gasteiger partial charge is 0.150 e. The van der Waals surface area contributed by atoms with E-state index >= 15 is 0 Å². The van der Waals surface area contributed by atoms with Crippen molar-refractivity contribution < 1.29 is 0 Å². The molecule has 0 bridgehead atoms. The van der Waals surface area contributed by atoms with Crippen molar-refractivity contribution in [1.29, 1.82) is 0 Å². The van der Waals surface area contributed by atoms with Gasteiger partial charge in [-0.1, -0.05) is 0 Å². The van der Waals surface area contributed by atoms with E-state index in [4.69, 9.17) is 4.98 Å². The minimum absolute atomic E-state index is 0.542. The normalized spacial score (nSPS) is 17.0. The second-order valence-electron chi connectivity index (χ2n) is 6.88. The third-order valence-corrected chi connectivity index (χ3v) is 6.17. The maximum absolute atomic E-state index is 4.72. The van der Waals surface area contributed by atoms with Crippen LogP contribution >= 0.6 is 11.3 Å². The molecule has 0 unspecified atom stereocenters. The third kappa shape index (κ3) is 2.54. The molecule has 24 heavy (non-hydrogen) atoms. The zero-order chi connectivity index (χ0) is 16.8. The molecule has 4 rings (SSSR count). The minimum atomic E-state index is 0.542. The lowest BCUT2D eigenvalue weighted by molar-refractivity contribution is 0.252. The first kappa shape index (κ1) is 15.7. The highest BCUT2D eigenvalue weighted by atomic mass is 32.1. The monoisotopic (exact) mass is 341 g/mol. The predicted molar refractivity (Wildman–Crippen MR) is 101 cm³/mol. The summed E-state index contributed by atoms with van der Waals surface area (Å²) in [5.74, 6) is 1.05. The van der Waals surface area contributed by atoms with Crippen LogP contribution in [-0.2, 0) is 0 Å². The predicted octanol–water partition coefficient (Wildman–Crippen LogP) is 3.39. The molecule has 1 fully saturated rings. The maximum Gasteiger partial charge on any atom is 0.150 e. The molecule has 4 heterocycles. The third-order valence-electron chi connectivity index (χ3n) is 5.10. The number of aromatic nitrogens is 3. The molecule has 6 heteroatoms. The molecule has 0 aromatic carbocycles. The van der Waals surface area contributed by atoms with Crippen molar-refractivity contribution >= 4 is 37.6 Å². The molecular weight excluding hydrogens is 318 g/mol. The van der Waals surface area contributed by atoms with E-state index in [9.17, 15) is 0 Å². The highest BCUT2D eigenvalue weighted by Gasteiger charge is 2.24. The van der Waals surface area contributed by atoms with Crippen LogP contribution in [0.1, 0.15) is 24.1 Å². The summed E-state index contributed by atoms with van der Waals surface area (Å²) in [5, 5.41) is 1.18. The molecule has 3 aromatic rings. The Bertz CT molecular complexity index is 895. The fourth-order valence-electron chi connectivity index (χ4n) is 3.70. The van der Waals surface area contributed by atoms with Crippen LogP contribution in [0.2, 0.25) is 0 Å². The van der Waals surface area contributed by atoms with Gasteiger partial charge in [0, 0.05) is 24.2 Å². The number of thiophene rings is 1. The number of likely N-dealkylation sites (tertiary alicyclic amines) is 1. The minimum Gasteiger partial charge on any atom is -0.355 e. The SMILES string of the molecule is Cc1cc(C)c2c(n1)sc1c(N(C)C3CCN(C)CC3)ncnc12. The molecule has 0 atom stereocenters. The fourth-order valence-corrected chi connectivity index (χ4v) is 4.99. The largest absolute Gasteiger partial charge is 0.355 e. The van der Waals surface area contributed by atoms with Crippen LogP contribution in [-0.4, -0.2) is 53.1 Å². The highest BCUT2D eigenvalue weighted by Crippen LogP contribution is 2.38. The topological polar surface area (TPSA) is 45.2 Å². The lowest BCUT2D eigenvalue weighted by Gasteiger charge is -2.35. The Kier molecular flexibility index (Phi) is 3.89. The quantitative estimate of drug-likeness (QED) is 0.715. The van der Waals surface area contributed by atoms with E-state index in [0.29, 0.717) is 6.04 Å². The van der Waals surface area contributed by atoms with E-state index in [2.05, 4.69) is 46.9 Å². The summed E-state index contributed by atoms with van der Waals surface area (Å²) < 4.78 is 1.16. The number of pyridine rings is 1. The van der Waals surface area contributed by atoms with E-state index in [1.807, 2.05) is 6.92 Å². The Balaban J connectivity index is 1.83. The van der Waals surface area contributed by atoms with Crippen LogP contribution in [0.5, 0.6) is 0 Å². The molecule has 126 valence electrons. The van der Waals surface area contributed by atoms with Gasteiger partial charge in [-0.05, 0) is 58.5 Å². The van der Waals surface area contributed by atoms with Crippen molar-refractivity contribution in [2.24, 2.45) is 0 Å². The van der Waals surface area contributed by atoms with Crippen molar-refractivity contribution in [2.75, 3.05) is 32.1 Å². The van der Waals surface area contributed by atoms with Gasteiger partial charge in [0.1, 0.15) is 17.0 Å². The molecule has 0 saturated carbocycles. The molecule has 0 radical (unpaired) electrons. The lowest BCUT2D eigenvalue weighted by Crippen LogP contribution is -2.42. The van der Waals surface area contributed by atoms with Crippen LogP contribution in [0.3, 0.4) is 0 Å². The van der Waals surface area contributed by atoms with Gasteiger partial charge in [-0.3, -0.25) is 0 Å². The molecule has 1 aliphatic heterocycles. The summed E-state index contributed by atoms with van der Waals surface area (Å²) in [6.07, 6.45) is 4.06. The number of rotatable bonds is 2. The van der Waals surface area contributed by atoms with Crippen LogP contribution in [0.15, 0.2) is 12.4 Å². The standard InChI is InChI=1S/C18H23N5S/c1-11-9-12(2)21-18-14(11)15-16(24-18)17(20-10-19-15)23(4)13-5-7-22(3)8-6-13/h9-10,13H,5-8H2,1-4H3. The molecule has 1 aliphatic rings. The van der Waals surface area contributed by atoms with Crippen molar-refractivity contribution in [3.8, 4) is 0 Å². The fraction of sp³-hybridized carbons (Fsp3) is 0.500. The maximum atomic E-state index is 4.72. The zero-order valence-electron chi connectivity index (χ0n) is 14.7. The van der Waals surface area contributed by atoms with E-state index in [1.165, 1.54) is 23.8 Å². The van der Waals surface area contributed by atoms with Gasteiger partial charge in [-0.15, -0.1) is 11.3 Å². The molecular formula is C18H23N5S. The first-order valence-corrected chi connectivity index (χ1v) is 9.29. The Morgan fingerprint density at radius 3 is 2.71 bits per heavy atom. The first-order chi connectivity index (χ1) is 11.5. The van der Waals surface area contributed by atoms with Crippen molar-refractivity contribution in [1.82, 2.24) is 19.9 Å². The van der Waals surface area contributed by atoms with Crippen LogP contribution < -0.4 is 4.90 Å². The number of anilines is 1. The Morgan fingerprint density at radius 1 is 1.21 bits per heavy atom. The molecule has 3 aromatic heterocycles. The molecule has 1 saturated heterocycles. The van der Waals surface area contributed by atoms with Crippen molar-refractivity contribution in [3.05, 3.63) is 23.7 Å². The van der Waals surface area contributed by atoms with Gasteiger partial charge in [0.25, 0.3) is 0 Å². The van der Waals surface area contributed by atoms with Crippen molar-refractivity contribution in [2.45, 2.75) is 32.7 Å². The first-order valence-electron chi connectivity index (χ1n) is 8.47. The molecule has 0 amide bonds. The number of aryl methyl sites for hydroxylation is 2. The summed E-state index contributed by atoms with van der Waals surface area (Å²) in [6.45, 7) is 6.49. The summed E-state index contributed by atoms with van der Waals surface area (Å²) in [6, 6.07) is 2.68. The summed E-state index contributed by atoms with van der Waals surface area (Å²) >= 11 is 1.72. The Hall–Kier alpha value is -1.79. The molecule has 0 N–H and O–H groups in total. The summed E-state index contributed by atoms with van der Waals surface area (Å²) in [5.41, 5.74) is 3.35. The average molecular weight is 341 g/mol.